The van der Waals surface area contributed by atoms with E-state index in [-0.39, 0.29) is 11.0 Å². The van der Waals surface area contributed by atoms with Crippen molar-refractivity contribution in [3.63, 3.8) is 0 Å². The van der Waals surface area contributed by atoms with Crippen molar-refractivity contribution >= 4 is 11.0 Å². The van der Waals surface area contributed by atoms with Crippen LogP contribution in [-0.4, -0.2) is 19.8 Å². The number of rotatable bonds is 3. The average molecular weight is 224 g/mol. The molecule has 0 aliphatic carbocycles. The van der Waals surface area contributed by atoms with Gasteiger partial charge in [-0.15, -0.1) is 10.1 Å². The van der Waals surface area contributed by atoms with Crippen molar-refractivity contribution in [1.82, 2.24) is 9.66 Å². The molecule has 0 spiro atoms. The van der Waals surface area contributed by atoms with E-state index in [9.17, 15) is 20.2 Å². The van der Waals surface area contributed by atoms with E-state index in [0.717, 1.165) is 0 Å². The van der Waals surface area contributed by atoms with Crippen molar-refractivity contribution in [3.8, 4) is 6.01 Å². The first kappa shape index (κ1) is 9.83. The fourth-order valence-corrected chi connectivity index (χ4v) is 1.27. The maximum atomic E-state index is 10.7. The highest BCUT2D eigenvalue weighted by Gasteiger charge is 2.21. The molecule has 1 heterocycles. The highest BCUT2D eigenvalue weighted by molar-refractivity contribution is 5.76. The van der Waals surface area contributed by atoms with Crippen LogP contribution in [0.3, 0.4) is 0 Å². The van der Waals surface area contributed by atoms with Crippen LogP contribution in [0, 0.1) is 20.2 Å². The lowest BCUT2D eigenvalue weighted by Gasteiger charge is -1.95. The molecule has 1 aromatic heterocycles. The SMILES string of the molecule is O=[N+]([O-])Oc1nc2ccccc2n1[N+](=O)[O-]. The molecule has 1 aromatic carbocycles. The van der Waals surface area contributed by atoms with Crippen LogP contribution in [0.2, 0.25) is 0 Å². The molecule has 0 atom stereocenters. The second kappa shape index (κ2) is 3.46. The fourth-order valence-electron chi connectivity index (χ4n) is 1.27. The molecule has 0 aliphatic heterocycles. The van der Waals surface area contributed by atoms with Crippen molar-refractivity contribution in [2.24, 2.45) is 0 Å². The molecule has 0 aliphatic rings. The Labute approximate surface area is 87.1 Å². The van der Waals surface area contributed by atoms with E-state index in [1.165, 1.54) is 12.1 Å². The third-order valence-electron chi connectivity index (χ3n) is 1.83. The Balaban J connectivity index is 2.68. The van der Waals surface area contributed by atoms with Crippen LogP contribution in [0.25, 0.3) is 11.0 Å². The molecule has 0 unspecified atom stereocenters. The zero-order valence-electron chi connectivity index (χ0n) is 7.64. The zero-order chi connectivity index (χ0) is 11.7. The third kappa shape index (κ3) is 1.49. The van der Waals surface area contributed by atoms with Crippen LogP contribution in [-0.2, 0) is 0 Å². The van der Waals surface area contributed by atoms with Gasteiger partial charge in [0.25, 0.3) is 0 Å². The Morgan fingerprint density at radius 1 is 1.25 bits per heavy atom. The number of fused-ring (bicyclic) bond motifs is 1. The van der Waals surface area contributed by atoms with E-state index < -0.39 is 16.1 Å². The number of para-hydroxylation sites is 2. The van der Waals surface area contributed by atoms with Gasteiger partial charge in [-0.05, 0) is 16.8 Å². The van der Waals surface area contributed by atoms with E-state index in [1.807, 2.05) is 0 Å². The number of nitro groups is 1. The minimum Gasteiger partial charge on any atom is -0.234 e. The summed E-state index contributed by atoms with van der Waals surface area (Å²) in [4.78, 5) is 28.5. The molecule has 0 fully saturated rings. The van der Waals surface area contributed by atoms with E-state index in [4.69, 9.17) is 0 Å². The molecule has 0 saturated carbocycles. The zero-order valence-corrected chi connectivity index (χ0v) is 7.64. The molecular formula is C7H4N4O5. The minimum atomic E-state index is -1.15. The molecule has 0 bridgehead atoms. The summed E-state index contributed by atoms with van der Waals surface area (Å²) in [6.45, 7) is 0. The van der Waals surface area contributed by atoms with Crippen molar-refractivity contribution in [3.05, 3.63) is 44.5 Å². The first-order valence-electron chi connectivity index (χ1n) is 4.04. The van der Waals surface area contributed by atoms with Gasteiger partial charge >= 0.3 is 11.1 Å². The number of hydrogen-bond acceptors (Lipinski definition) is 6. The predicted octanol–water partition coefficient (Wildman–Crippen LogP) is 0.647. The summed E-state index contributed by atoms with van der Waals surface area (Å²) < 4.78 is 0.415. The van der Waals surface area contributed by atoms with Gasteiger partial charge in [-0.25, -0.2) is 19.9 Å². The topological polar surface area (TPSA) is 113 Å². The summed E-state index contributed by atoms with van der Waals surface area (Å²) >= 11 is 0. The maximum Gasteiger partial charge on any atom is 0.353 e. The molecule has 0 amide bonds. The number of benzene rings is 1. The molecule has 9 heteroatoms. The Hall–Kier alpha value is -2.71. The highest BCUT2D eigenvalue weighted by atomic mass is 17.0. The van der Waals surface area contributed by atoms with Gasteiger partial charge in [0.2, 0.25) is 0 Å². The number of nitrogens with zero attached hydrogens (tertiary/aromatic N) is 4. The predicted molar refractivity (Wildman–Crippen MR) is 49.7 cm³/mol. The average Bonchev–Trinajstić information content (AvgIpc) is 2.53. The van der Waals surface area contributed by atoms with Gasteiger partial charge < -0.3 is 0 Å². The van der Waals surface area contributed by atoms with Crippen molar-refractivity contribution in [1.29, 1.82) is 0 Å². The molecule has 0 saturated heterocycles. The van der Waals surface area contributed by atoms with Crippen LogP contribution in [0.1, 0.15) is 0 Å². The van der Waals surface area contributed by atoms with E-state index in [1.54, 1.807) is 12.1 Å². The number of hydrogen-bond donors (Lipinski definition) is 0. The molecule has 0 radical (unpaired) electrons. The van der Waals surface area contributed by atoms with Crippen LogP contribution in [0.5, 0.6) is 6.01 Å². The summed E-state index contributed by atoms with van der Waals surface area (Å²) in [7, 11) is 0. The Bertz CT molecular complexity index is 577. The van der Waals surface area contributed by atoms with Crippen LogP contribution < -0.4 is 4.84 Å². The van der Waals surface area contributed by atoms with Gasteiger partial charge in [-0.2, -0.15) is 0 Å². The summed E-state index contributed by atoms with van der Waals surface area (Å²) in [6.07, 6.45) is 0. The number of imidazole rings is 1. The van der Waals surface area contributed by atoms with Crippen molar-refractivity contribution in [2.45, 2.75) is 0 Å². The Kier molecular flexibility index (Phi) is 2.12. The van der Waals surface area contributed by atoms with Crippen molar-refractivity contribution in [2.75, 3.05) is 0 Å². The molecule has 82 valence electrons. The first-order chi connectivity index (χ1) is 7.59. The summed E-state index contributed by atoms with van der Waals surface area (Å²) in [6, 6.07) is 5.38. The molecule has 9 nitrogen and oxygen atoms in total. The monoisotopic (exact) mass is 224 g/mol. The molecule has 2 aromatic rings. The minimum absolute atomic E-state index is 0.129. The summed E-state index contributed by atoms with van der Waals surface area (Å²) in [5.74, 6) is 0. The van der Waals surface area contributed by atoms with Gasteiger partial charge in [0.15, 0.2) is 5.03 Å². The Morgan fingerprint density at radius 2 is 1.94 bits per heavy atom. The molecule has 16 heavy (non-hydrogen) atoms. The van der Waals surface area contributed by atoms with E-state index in [2.05, 4.69) is 9.82 Å². The van der Waals surface area contributed by atoms with Gasteiger partial charge in [-0.1, -0.05) is 12.1 Å². The second-order valence-electron chi connectivity index (χ2n) is 2.75. The van der Waals surface area contributed by atoms with Crippen LogP contribution in [0.4, 0.5) is 0 Å². The van der Waals surface area contributed by atoms with E-state index >= 15 is 0 Å². The van der Waals surface area contributed by atoms with Crippen LogP contribution >= 0.6 is 0 Å². The quantitative estimate of drug-likeness (QED) is 0.558. The van der Waals surface area contributed by atoms with Gasteiger partial charge in [0.05, 0.1) is 5.52 Å². The highest BCUT2D eigenvalue weighted by Crippen LogP contribution is 2.20. The third-order valence-corrected chi connectivity index (χ3v) is 1.83. The Morgan fingerprint density at radius 3 is 2.56 bits per heavy atom. The normalized spacial score (nSPS) is 10.2. The lowest BCUT2D eigenvalue weighted by molar-refractivity contribution is -0.718. The molecule has 2 rings (SSSR count). The van der Waals surface area contributed by atoms with E-state index in [0.29, 0.717) is 4.68 Å². The first-order valence-corrected chi connectivity index (χ1v) is 4.04. The van der Waals surface area contributed by atoms with Gasteiger partial charge in [0.1, 0.15) is 5.52 Å². The lowest BCUT2D eigenvalue weighted by atomic mass is 10.3. The molecular weight excluding hydrogens is 220 g/mol. The maximum absolute atomic E-state index is 10.7. The summed E-state index contributed by atoms with van der Waals surface area (Å²) in [5.41, 5.74) is 0.375. The van der Waals surface area contributed by atoms with Crippen molar-refractivity contribution < 1.29 is 15.0 Å². The lowest BCUT2D eigenvalue weighted by Crippen LogP contribution is -2.14. The second-order valence-corrected chi connectivity index (χ2v) is 2.75. The number of aromatic nitrogens is 2. The smallest absolute Gasteiger partial charge is 0.234 e. The van der Waals surface area contributed by atoms with Gasteiger partial charge in [-0.3, -0.25) is 0 Å². The molecule has 0 N–H and O–H groups in total. The van der Waals surface area contributed by atoms with Gasteiger partial charge in [0, 0.05) is 0 Å². The fraction of sp³-hybridized carbons (Fsp3) is 0. The largest absolute Gasteiger partial charge is 0.353 e. The van der Waals surface area contributed by atoms with Crippen LogP contribution in [0.15, 0.2) is 24.3 Å². The standard InChI is InChI=1S/C7H4N4O5/c12-10(13)9-6-4-2-1-3-5(6)8-7(9)16-11(14)15/h1-4H. The summed E-state index contributed by atoms with van der Waals surface area (Å²) in [5, 5.41) is 18.8.